The van der Waals surface area contributed by atoms with E-state index < -0.39 is 5.41 Å². The molecule has 0 aromatic heterocycles. The van der Waals surface area contributed by atoms with Gasteiger partial charge in [-0.3, -0.25) is 14.5 Å². The van der Waals surface area contributed by atoms with Crippen LogP contribution in [0.1, 0.15) is 48.5 Å². The summed E-state index contributed by atoms with van der Waals surface area (Å²) >= 11 is 0. The molecule has 122 valence electrons. The van der Waals surface area contributed by atoms with E-state index in [4.69, 9.17) is 0 Å². The van der Waals surface area contributed by atoms with Gasteiger partial charge >= 0.3 is 0 Å². The highest BCUT2D eigenvalue weighted by Gasteiger charge is 2.42. The molecular formula is C20H25NO2. The van der Waals surface area contributed by atoms with Crippen LogP contribution in [0.2, 0.25) is 0 Å². The van der Waals surface area contributed by atoms with Crippen molar-refractivity contribution in [1.29, 1.82) is 0 Å². The van der Waals surface area contributed by atoms with Gasteiger partial charge < -0.3 is 0 Å². The second kappa shape index (κ2) is 6.40. The molecule has 0 radical (unpaired) electrons. The summed E-state index contributed by atoms with van der Waals surface area (Å²) in [4.78, 5) is 27.6. The lowest BCUT2D eigenvalue weighted by Crippen LogP contribution is -2.34. The van der Waals surface area contributed by atoms with Crippen LogP contribution in [0, 0.1) is 5.41 Å². The monoisotopic (exact) mass is 311 g/mol. The van der Waals surface area contributed by atoms with E-state index >= 15 is 0 Å². The minimum atomic E-state index is -0.606. The van der Waals surface area contributed by atoms with Gasteiger partial charge in [0.25, 0.3) is 0 Å². The molecule has 1 aromatic carbocycles. The Morgan fingerprint density at radius 1 is 1.22 bits per heavy atom. The Hall–Kier alpha value is -1.74. The smallest absolute Gasteiger partial charge is 0.169 e. The molecule has 1 saturated heterocycles. The number of piperidine rings is 1. The van der Waals surface area contributed by atoms with Gasteiger partial charge in [0.1, 0.15) is 0 Å². The lowest BCUT2D eigenvalue weighted by Gasteiger charge is -2.28. The third-order valence-corrected chi connectivity index (χ3v) is 5.20. The number of hydrogen-bond donors (Lipinski definition) is 0. The fourth-order valence-corrected chi connectivity index (χ4v) is 3.82. The van der Waals surface area contributed by atoms with Gasteiger partial charge in [0.15, 0.2) is 11.6 Å². The van der Waals surface area contributed by atoms with Crippen LogP contribution in [-0.4, -0.2) is 36.1 Å². The van der Waals surface area contributed by atoms with Crippen molar-refractivity contribution in [1.82, 2.24) is 4.90 Å². The summed E-state index contributed by atoms with van der Waals surface area (Å²) in [5.74, 6) is 0.145. The number of benzene rings is 1. The quantitative estimate of drug-likeness (QED) is 0.782. The summed E-state index contributed by atoms with van der Waals surface area (Å²) in [5, 5.41) is 0. The van der Waals surface area contributed by atoms with E-state index in [0.717, 1.165) is 24.2 Å². The number of rotatable bonds is 5. The first-order valence-corrected chi connectivity index (χ1v) is 8.56. The molecule has 1 heterocycles. The van der Waals surface area contributed by atoms with Gasteiger partial charge in [-0.15, -0.1) is 0 Å². The van der Waals surface area contributed by atoms with Gasteiger partial charge in [-0.05, 0) is 37.9 Å². The third-order valence-electron chi connectivity index (χ3n) is 5.20. The second-order valence-electron chi connectivity index (χ2n) is 7.26. The molecule has 1 atom stereocenters. The number of Topliss-reactive ketones (excluding diaryl/α,β-unsaturated/α-hetero) is 2. The molecule has 0 saturated carbocycles. The summed E-state index contributed by atoms with van der Waals surface area (Å²) in [6.45, 7) is 8.66. The molecule has 3 rings (SSSR count). The van der Waals surface area contributed by atoms with E-state index in [9.17, 15) is 9.59 Å². The average molecular weight is 311 g/mol. The van der Waals surface area contributed by atoms with Crippen LogP contribution in [0.5, 0.6) is 0 Å². The van der Waals surface area contributed by atoms with Crippen molar-refractivity contribution in [2.24, 2.45) is 5.41 Å². The molecule has 1 unspecified atom stereocenters. The van der Waals surface area contributed by atoms with Crippen molar-refractivity contribution in [3.05, 3.63) is 47.5 Å². The molecule has 2 aliphatic rings. The van der Waals surface area contributed by atoms with Gasteiger partial charge in [-0.2, -0.15) is 0 Å². The lowest BCUT2D eigenvalue weighted by molar-refractivity contribution is -0.117. The normalized spacial score (nSPS) is 24.5. The molecule has 1 aliphatic carbocycles. The largest absolute Gasteiger partial charge is 0.299 e. The third kappa shape index (κ3) is 3.30. The molecule has 0 spiro atoms. The Kier molecular flexibility index (Phi) is 4.49. The fourth-order valence-electron chi connectivity index (χ4n) is 3.82. The summed E-state index contributed by atoms with van der Waals surface area (Å²) < 4.78 is 0. The second-order valence-corrected chi connectivity index (χ2v) is 7.26. The maximum absolute atomic E-state index is 12.7. The van der Waals surface area contributed by atoms with Crippen molar-refractivity contribution in [2.45, 2.75) is 39.0 Å². The summed E-state index contributed by atoms with van der Waals surface area (Å²) in [6.07, 6.45) is 4.61. The molecule has 0 amide bonds. The van der Waals surface area contributed by atoms with Crippen molar-refractivity contribution in [3.8, 4) is 0 Å². The Morgan fingerprint density at radius 2 is 1.91 bits per heavy atom. The molecule has 0 N–H and O–H groups in total. The minimum absolute atomic E-state index is 0.0410. The molecule has 1 aliphatic heterocycles. The van der Waals surface area contributed by atoms with Crippen LogP contribution in [0.25, 0.3) is 0 Å². The molecule has 0 bridgehead atoms. The number of carbonyl (C=O) groups excluding carboxylic acids is 2. The highest BCUT2D eigenvalue weighted by molar-refractivity contribution is 6.08. The summed E-state index contributed by atoms with van der Waals surface area (Å²) in [6, 6.07) is 7.70. The van der Waals surface area contributed by atoms with E-state index in [1.807, 2.05) is 31.2 Å². The lowest BCUT2D eigenvalue weighted by atomic mass is 9.80. The molecule has 1 aromatic rings. The van der Waals surface area contributed by atoms with Crippen molar-refractivity contribution in [2.75, 3.05) is 19.6 Å². The zero-order chi connectivity index (χ0) is 16.4. The van der Waals surface area contributed by atoms with E-state index in [-0.39, 0.29) is 18.0 Å². The molecule has 3 nitrogen and oxygen atoms in total. The van der Waals surface area contributed by atoms with Crippen LogP contribution < -0.4 is 0 Å². The number of fused-ring (bicyclic) bond motifs is 1. The first kappa shape index (κ1) is 16.1. The van der Waals surface area contributed by atoms with Crippen molar-refractivity contribution >= 4 is 11.6 Å². The van der Waals surface area contributed by atoms with Gasteiger partial charge in [0, 0.05) is 29.5 Å². The van der Waals surface area contributed by atoms with Crippen LogP contribution in [0.4, 0.5) is 0 Å². The standard InChI is InChI=1S/C20H25NO2/c1-15(14-21-10-6-3-7-11-21)18(22)13-20(2)12-16-8-4-5-9-17(16)19(20)23/h4-5,8-9H,1,3,6-7,10-14H2,2H3. The zero-order valence-corrected chi connectivity index (χ0v) is 13.9. The van der Waals surface area contributed by atoms with E-state index in [2.05, 4.69) is 11.5 Å². The Labute approximate surface area is 138 Å². The van der Waals surface area contributed by atoms with Crippen LogP contribution in [-0.2, 0) is 11.2 Å². The van der Waals surface area contributed by atoms with Gasteiger partial charge in [-0.25, -0.2) is 0 Å². The molecular weight excluding hydrogens is 286 g/mol. The van der Waals surface area contributed by atoms with Crippen molar-refractivity contribution in [3.63, 3.8) is 0 Å². The minimum Gasteiger partial charge on any atom is -0.299 e. The molecule has 3 heteroatoms. The Morgan fingerprint density at radius 3 is 2.61 bits per heavy atom. The predicted molar refractivity (Wildman–Crippen MR) is 91.6 cm³/mol. The van der Waals surface area contributed by atoms with E-state index in [1.165, 1.54) is 19.3 Å². The number of nitrogens with zero attached hydrogens (tertiary/aromatic N) is 1. The Bertz CT molecular complexity index is 643. The van der Waals surface area contributed by atoms with E-state index in [0.29, 0.717) is 18.5 Å². The van der Waals surface area contributed by atoms with Gasteiger partial charge in [-0.1, -0.05) is 44.2 Å². The fraction of sp³-hybridized carbons (Fsp3) is 0.500. The van der Waals surface area contributed by atoms with Gasteiger partial charge in [0.2, 0.25) is 0 Å². The first-order chi connectivity index (χ1) is 11.0. The SMILES string of the molecule is C=C(CN1CCCCC1)C(=O)CC1(C)Cc2ccccc2C1=O. The highest BCUT2D eigenvalue weighted by Crippen LogP contribution is 2.39. The average Bonchev–Trinajstić information content (AvgIpc) is 2.79. The summed E-state index contributed by atoms with van der Waals surface area (Å²) in [5.41, 5.74) is 1.89. The van der Waals surface area contributed by atoms with Crippen molar-refractivity contribution < 1.29 is 9.59 Å². The van der Waals surface area contributed by atoms with Gasteiger partial charge in [0.05, 0.1) is 0 Å². The van der Waals surface area contributed by atoms with Crippen LogP contribution in [0.3, 0.4) is 0 Å². The maximum Gasteiger partial charge on any atom is 0.169 e. The van der Waals surface area contributed by atoms with E-state index in [1.54, 1.807) is 0 Å². The number of carbonyl (C=O) groups is 2. The first-order valence-electron chi connectivity index (χ1n) is 8.56. The highest BCUT2D eigenvalue weighted by atomic mass is 16.1. The Balaban J connectivity index is 1.63. The van der Waals surface area contributed by atoms with Crippen LogP contribution >= 0.6 is 0 Å². The number of hydrogen-bond acceptors (Lipinski definition) is 3. The summed E-state index contributed by atoms with van der Waals surface area (Å²) in [7, 11) is 0. The number of likely N-dealkylation sites (tertiary alicyclic amines) is 1. The molecule has 23 heavy (non-hydrogen) atoms. The molecule has 1 fully saturated rings. The topological polar surface area (TPSA) is 37.4 Å². The zero-order valence-electron chi connectivity index (χ0n) is 13.9. The maximum atomic E-state index is 12.7. The van der Waals surface area contributed by atoms with Crippen LogP contribution in [0.15, 0.2) is 36.4 Å². The predicted octanol–water partition coefficient (Wildman–Crippen LogP) is 3.43. The number of ketones is 2.